The first-order chi connectivity index (χ1) is 16.9. The fourth-order valence-electron chi connectivity index (χ4n) is 4.02. The van der Waals surface area contributed by atoms with E-state index in [9.17, 15) is 19.2 Å². The van der Waals surface area contributed by atoms with Gasteiger partial charge in [0.25, 0.3) is 0 Å². The summed E-state index contributed by atoms with van der Waals surface area (Å²) in [6.07, 6.45) is 0.671. The van der Waals surface area contributed by atoms with Gasteiger partial charge in [-0.2, -0.15) is 0 Å². The lowest BCUT2D eigenvalue weighted by molar-refractivity contribution is -0.142. The summed E-state index contributed by atoms with van der Waals surface area (Å²) >= 11 is 0. The smallest absolute Gasteiger partial charge is 0.410 e. The lowest BCUT2D eigenvalue weighted by atomic mass is 10.1. The maximum atomic E-state index is 13.1. The molecule has 1 fully saturated rings. The molecule has 4 amide bonds. The minimum atomic E-state index is -0.898. The molecule has 36 heavy (non-hydrogen) atoms. The quantitative estimate of drug-likeness (QED) is 0.351. The maximum Gasteiger partial charge on any atom is 0.410 e. The van der Waals surface area contributed by atoms with Crippen molar-refractivity contribution in [1.82, 2.24) is 20.9 Å². The third-order valence-corrected chi connectivity index (χ3v) is 5.59. The minimum absolute atomic E-state index is 0.154. The van der Waals surface area contributed by atoms with Gasteiger partial charge in [0.15, 0.2) is 0 Å². The molecule has 0 spiro atoms. The predicted molar refractivity (Wildman–Crippen MR) is 135 cm³/mol. The Kier molecular flexibility index (Phi) is 10.6. The Morgan fingerprint density at radius 1 is 1.06 bits per heavy atom. The van der Waals surface area contributed by atoms with Gasteiger partial charge < -0.3 is 25.4 Å². The third-order valence-electron chi connectivity index (χ3n) is 5.59. The Labute approximate surface area is 213 Å². The van der Waals surface area contributed by atoms with Crippen LogP contribution < -0.4 is 16.0 Å². The van der Waals surface area contributed by atoms with Crippen molar-refractivity contribution in [3.8, 4) is 0 Å². The van der Waals surface area contributed by atoms with E-state index >= 15 is 0 Å². The highest BCUT2D eigenvalue weighted by molar-refractivity contribution is 5.87. The van der Waals surface area contributed by atoms with Crippen LogP contribution in [0.3, 0.4) is 0 Å². The van der Waals surface area contributed by atoms with Gasteiger partial charge in [-0.3, -0.25) is 9.69 Å². The minimum Gasteiger partial charge on any atom is -0.467 e. The number of hydrogen-bond acceptors (Lipinski definition) is 6. The number of likely N-dealkylation sites (tertiary alicyclic amines) is 1. The van der Waals surface area contributed by atoms with Crippen LogP contribution in [0.1, 0.15) is 59.4 Å². The molecule has 0 bridgehead atoms. The molecule has 1 aliphatic rings. The van der Waals surface area contributed by atoms with Crippen LogP contribution in [-0.2, 0) is 25.5 Å². The number of amides is 4. The Bertz CT molecular complexity index is 899. The molecule has 3 atom stereocenters. The van der Waals surface area contributed by atoms with Crippen LogP contribution in [0, 0.1) is 5.92 Å². The van der Waals surface area contributed by atoms with Crippen molar-refractivity contribution in [3.63, 3.8) is 0 Å². The molecule has 2 rings (SSSR count). The van der Waals surface area contributed by atoms with Gasteiger partial charge in [0.2, 0.25) is 5.91 Å². The zero-order valence-electron chi connectivity index (χ0n) is 22.1. The Morgan fingerprint density at radius 3 is 2.31 bits per heavy atom. The summed E-state index contributed by atoms with van der Waals surface area (Å²) in [4.78, 5) is 52.2. The average Bonchev–Trinajstić information content (AvgIpc) is 3.27. The second-order valence-electron chi connectivity index (χ2n) is 10.4. The summed E-state index contributed by atoms with van der Waals surface area (Å²) in [6, 6.07) is 7.09. The fraction of sp³-hybridized carbons (Fsp3) is 0.615. The zero-order chi connectivity index (χ0) is 26.9. The summed E-state index contributed by atoms with van der Waals surface area (Å²) in [5, 5.41) is 8.27. The van der Waals surface area contributed by atoms with E-state index in [4.69, 9.17) is 9.47 Å². The standard InChI is InChI=1S/C26H40N4O6/c1-17(2)15-21(28-22(31)20-13-10-14-30(20)25(34)36-26(3,4)5)29-24(33)27-19(23(32)35-6)16-18-11-8-7-9-12-18/h7-9,11-12,17,19-21H,10,13-16H2,1-6H3,(H,28,31)(H2,27,29,33)/t19-,20-,21+/m0/s1. The summed E-state index contributed by atoms with van der Waals surface area (Å²) in [5.41, 5.74) is 0.194. The van der Waals surface area contributed by atoms with Crippen molar-refractivity contribution in [2.75, 3.05) is 13.7 Å². The normalized spacial score (nSPS) is 17.2. The highest BCUT2D eigenvalue weighted by Crippen LogP contribution is 2.21. The lowest BCUT2D eigenvalue weighted by Crippen LogP contribution is -2.57. The zero-order valence-corrected chi connectivity index (χ0v) is 22.1. The molecule has 1 aromatic rings. The number of benzene rings is 1. The van der Waals surface area contributed by atoms with Crippen molar-refractivity contribution < 1.29 is 28.7 Å². The average molecular weight is 505 g/mol. The van der Waals surface area contributed by atoms with Crippen LogP contribution in [0.5, 0.6) is 0 Å². The van der Waals surface area contributed by atoms with E-state index in [0.717, 1.165) is 5.56 Å². The van der Waals surface area contributed by atoms with E-state index in [1.807, 2.05) is 44.2 Å². The summed E-state index contributed by atoms with van der Waals surface area (Å²) in [6.45, 7) is 9.68. The Hall–Kier alpha value is -3.30. The van der Waals surface area contributed by atoms with Crippen molar-refractivity contribution in [2.24, 2.45) is 5.92 Å². The first kappa shape index (κ1) is 28.9. The molecule has 1 heterocycles. The second kappa shape index (κ2) is 13.1. The molecule has 3 N–H and O–H groups in total. The van der Waals surface area contributed by atoms with Crippen molar-refractivity contribution >= 4 is 24.0 Å². The number of hydrogen-bond donors (Lipinski definition) is 3. The number of urea groups is 1. The van der Waals surface area contributed by atoms with Gasteiger partial charge in [0, 0.05) is 13.0 Å². The van der Waals surface area contributed by atoms with Crippen LogP contribution in [0.2, 0.25) is 0 Å². The molecule has 1 saturated heterocycles. The van der Waals surface area contributed by atoms with Crippen LogP contribution >= 0.6 is 0 Å². The topological polar surface area (TPSA) is 126 Å². The van der Waals surface area contributed by atoms with Crippen LogP contribution in [0.25, 0.3) is 0 Å². The molecule has 0 aliphatic carbocycles. The Morgan fingerprint density at radius 2 is 1.72 bits per heavy atom. The van der Waals surface area contributed by atoms with E-state index < -0.39 is 41.9 Å². The van der Waals surface area contributed by atoms with Gasteiger partial charge in [-0.25, -0.2) is 14.4 Å². The predicted octanol–water partition coefficient (Wildman–Crippen LogP) is 2.96. The summed E-state index contributed by atoms with van der Waals surface area (Å²) in [5.74, 6) is -0.780. The second-order valence-corrected chi connectivity index (χ2v) is 10.4. The SMILES string of the molecule is COC(=O)[C@H](Cc1ccccc1)NC(=O)N[C@H](CC(C)C)NC(=O)[C@@H]1CCCN1C(=O)OC(C)(C)C. The van der Waals surface area contributed by atoms with E-state index in [-0.39, 0.29) is 18.2 Å². The van der Waals surface area contributed by atoms with Gasteiger partial charge in [-0.05, 0) is 51.5 Å². The third kappa shape index (κ3) is 9.39. The monoisotopic (exact) mass is 504 g/mol. The molecule has 1 aliphatic heterocycles. The van der Waals surface area contributed by atoms with E-state index in [1.165, 1.54) is 12.0 Å². The first-order valence-corrected chi connectivity index (χ1v) is 12.4. The summed E-state index contributed by atoms with van der Waals surface area (Å²) in [7, 11) is 1.26. The van der Waals surface area contributed by atoms with Crippen LogP contribution in [-0.4, -0.2) is 66.4 Å². The van der Waals surface area contributed by atoms with Crippen molar-refractivity contribution in [3.05, 3.63) is 35.9 Å². The number of nitrogens with one attached hydrogen (secondary N) is 3. The van der Waals surface area contributed by atoms with Crippen LogP contribution in [0.15, 0.2) is 30.3 Å². The van der Waals surface area contributed by atoms with Gasteiger partial charge in [-0.15, -0.1) is 0 Å². The molecule has 0 aromatic heterocycles. The van der Waals surface area contributed by atoms with Gasteiger partial charge in [0.05, 0.1) is 7.11 Å². The molecule has 10 nitrogen and oxygen atoms in total. The molecular weight excluding hydrogens is 464 g/mol. The van der Waals surface area contributed by atoms with Gasteiger partial charge in [0.1, 0.15) is 23.9 Å². The molecule has 10 heteroatoms. The lowest BCUT2D eigenvalue weighted by Gasteiger charge is -2.30. The molecule has 0 radical (unpaired) electrons. The largest absolute Gasteiger partial charge is 0.467 e. The Balaban J connectivity index is 2.05. The number of carbonyl (C=O) groups is 4. The maximum absolute atomic E-state index is 13.1. The number of carbonyl (C=O) groups excluding carboxylic acids is 4. The van der Waals surface area contributed by atoms with E-state index in [1.54, 1.807) is 20.8 Å². The van der Waals surface area contributed by atoms with Gasteiger partial charge in [-0.1, -0.05) is 44.2 Å². The first-order valence-electron chi connectivity index (χ1n) is 12.4. The van der Waals surface area contributed by atoms with E-state index in [2.05, 4.69) is 16.0 Å². The van der Waals surface area contributed by atoms with Crippen LogP contribution in [0.4, 0.5) is 9.59 Å². The highest BCUT2D eigenvalue weighted by atomic mass is 16.6. The van der Waals surface area contributed by atoms with Crippen molar-refractivity contribution in [2.45, 2.75) is 84.2 Å². The molecule has 1 aromatic carbocycles. The van der Waals surface area contributed by atoms with E-state index in [0.29, 0.717) is 25.8 Å². The van der Waals surface area contributed by atoms with Gasteiger partial charge >= 0.3 is 18.1 Å². The molecule has 0 unspecified atom stereocenters. The molecule has 200 valence electrons. The number of rotatable bonds is 9. The number of ether oxygens (including phenoxy) is 2. The number of nitrogens with zero attached hydrogens (tertiary/aromatic N) is 1. The van der Waals surface area contributed by atoms with Crippen molar-refractivity contribution in [1.29, 1.82) is 0 Å². The number of esters is 1. The number of methoxy groups -OCH3 is 1. The molecule has 0 saturated carbocycles. The molecular formula is C26H40N4O6. The highest BCUT2D eigenvalue weighted by Gasteiger charge is 2.37. The fourth-order valence-corrected chi connectivity index (χ4v) is 4.02. The summed E-state index contributed by atoms with van der Waals surface area (Å²) < 4.78 is 10.3.